The average molecular weight is 366 g/mol. The fraction of sp³-hybridized carbons (Fsp3) is 0.0588. The Kier molecular flexibility index (Phi) is 5.17. The first-order valence-electron chi connectivity index (χ1n) is 7.75. The third-order valence-corrected chi connectivity index (χ3v) is 3.38. The lowest BCUT2D eigenvalue weighted by molar-refractivity contribution is -0.384. The van der Waals surface area contributed by atoms with Crippen molar-refractivity contribution >= 4 is 29.2 Å². The van der Waals surface area contributed by atoms with Gasteiger partial charge in [0.15, 0.2) is 12.4 Å². The van der Waals surface area contributed by atoms with Crippen LogP contribution in [0, 0.1) is 10.1 Å². The lowest BCUT2D eigenvalue weighted by Gasteiger charge is -2.08. The number of hydrogen-bond acceptors (Lipinski definition) is 9. The van der Waals surface area contributed by atoms with Gasteiger partial charge in [-0.05, 0) is 24.3 Å². The van der Waals surface area contributed by atoms with Crippen LogP contribution in [-0.2, 0) is 11.3 Å². The normalized spacial score (nSPS) is 10.2. The van der Waals surface area contributed by atoms with Crippen LogP contribution in [0.25, 0.3) is 0 Å². The summed E-state index contributed by atoms with van der Waals surface area (Å²) in [4.78, 5) is 34.2. The second-order valence-corrected chi connectivity index (χ2v) is 5.30. The molecule has 1 heterocycles. The molecule has 10 heteroatoms. The number of nitro benzene ring substituents is 1. The molecule has 0 aliphatic rings. The number of anilines is 3. The van der Waals surface area contributed by atoms with Crippen LogP contribution in [-0.4, -0.2) is 25.8 Å². The zero-order chi connectivity index (χ0) is 19.2. The zero-order valence-corrected chi connectivity index (χ0v) is 13.9. The third kappa shape index (κ3) is 4.72. The van der Waals surface area contributed by atoms with Crippen LogP contribution in [0.3, 0.4) is 0 Å². The van der Waals surface area contributed by atoms with E-state index in [1.165, 1.54) is 24.3 Å². The molecular weight excluding hydrogens is 352 g/mol. The smallest absolute Gasteiger partial charge is 0.338 e. The van der Waals surface area contributed by atoms with Crippen LogP contribution in [0.1, 0.15) is 16.2 Å². The minimum Gasteiger partial charge on any atom is -0.454 e. The molecule has 0 amide bonds. The molecule has 3 aromatic rings. The lowest BCUT2D eigenvalue weighted by atomic mass is 10.2. The van der Waals surface area contributed by atoms with Crippen LogP contribution in [0.2, 0.25) is 0 Å². The van der Waals surface area contributed by atoms with Gasteiger partial charge in [0.2, 0.25) is 11.9 Å². The summed E-state index contributed by atoms with van der Waals surface area (Å²) >= 11 is 0. The molecule has 2 aromatic carbocycles. The highest BCUT2D eigenvalue weighted by molar-refractivity contribution is 5.89. The van der Waals surface area contributed by atoms with Gasteiger partial charge in [0.1, 0.15) is 0 Å². The number of benzene rings is 2. The number of nitrogens with two attached hydrogens (primary N) is 1. The summed E-state index contributed by atoms with van der Waals surface area (Å²) in [6.45, 7) is -0.230. The lowest BCUT2D eigenvalue weighted by Crippen LogP contribution is -2.11. The maximum Gasteiger partial charge on any atom is 0.338 e. The Bertz CT molecular complexity index is 963. The van der Waals surface area contributed by atoms with Gasteiger partial charge in [-0.15, -0.1) is 0 Å². The van der Waals surface area contributed by atoms with Gasteiger partial charge >= 0.3 is 5.97 Å². The quantitative estimate of drug-likeness (QED) is 0.381. The van der Waals surface area contributed by atoms with Gasteiger partial charge in [0.25, 0.3) is 5.69 Å². The molecule has 27 heavy (non-hydrogen) atoms. The minimum absolute atomic E-state index is 0.0233. The van der Waals surface area contributed by atoms with Crippen molar-refractivity contribution in [1.82, 2.24) is 15.0 Å². The van der Waals surface area contributed by atoms with Crippen molar-refractivity contribution in [3.63, 3.8) is 0 Å². The van der Waals surface area contributed by atoms with E-state index in [9.17, 15) is 14.9 Å². The van der Waals surface area contributed by atoms with Gasteiger partial charge in [-0.3, -0.25) is 10.1 Å². The van der Waals surface area contributed by atoms with Gasteiger partial charge in [0, 0.05) is 17.8 Å². The van der Waals surface area contributed by atoms with Crippen LogP contribution in [0.15, 0.2) is 54.6 Å². The van der Waals surface area contributed by atoms with E-state index in [0.717, 1.165) is 5.69 Å². The molecule has 0 bridgehead atoms. The number of esters is 1. The molecule has 0 fully saturated rings. The van der Waals surface area contributed by atoms with E-state index < -0.39 is 10.9 Å². The van der Waals surface area contributed by atoms with Crippen molar-refractivity contribution in [3.05, 3.63) is 76.1 Å². The van der Waals surface area contributed by atoms with E-state index in [2.05, 4.69) is 20.3 Å². The molecule has 0 saturated carbocycles. The van der Waals surface area contributed by atoms with Gasteiger partial charge in [0.05, 0.1) is 10.5 Å². The number of rotatable bonds is 6. The molecule has 0 aliphatic carbocycles. The van der Waals surface area contributed by atoms with Crippen LogP contribution < -0.4 is 11.1 Å². The second kappa shape index (κ2) is 7.87. The van der Waals surface area contributed by atoms with Gasteiger partial charge in [-0.2, -0.15) is 15.0 Å². The number of hydrogen-bond donors (Lipinski definition) is 2. The van der Waals surface area contributed by atoms with Crippen molar-refractivity contribution in [2.45, 2.75) is 6.61 Å². The summed E-state index contributed by atoms with van der Waals surface area (Å²) in [5, 5.41) is 13.6. The van der Waals surface area contributed by atoms with Crippen molar-refractivity contribution in [3.8, 4) is 0 Å². The first-order chi connectivity index (χ1) is 13.0. The minimum atomic E-state index is -0.665. The summed E-state index contributed by atoms with van der Waals surface area (Å²) in [5.74, 6) is -0.308. The highest BCUT2D eigenvalue weighted by Gasteiger charge is 2.12. The topological polar surface area (TPSA) is 146 Å². The molecule has 0 saturated heterocycles. The molecule has 0 atom stereocenters. The van der Waals surface area contributed by atoms with Crippen molar-refractivity contribution in [2.24, 2.45) is 0 Å². The molecule has 0 spiro atoms. The predicted octanol–water partition coefficient (Wildman–Crippen LogP) is 2.46. The van der Waals surface area contributed by atoms with Gasteiger partial charge in [-0.1, -0.05) is 18.2 Å². The Morgan fingerprint density at radius 2 is 1.78 bits per heavy atom. The van der Waals surface area contributed by atoms with E-state index >= 15 is 0 Å². The summed E-state index contributed by atoms with van der Waals surface area (Å²) in [6.07, 6.45) is 0. The summed E-state index contributed by atoms with van der Waals surface area (Å²) in [5.41, 5.74) is 6.48. The van der Waals surface area contributed by atoms with E-state index in [0.29, 0.717) is 0 Å². The number of non-ortho nitro benzene ring substituents is 1. The third-order valence-electron chi connectivity index (χ3n) is 3.38. The molecule has 10 nitrogen and oxygen atoms in total. The molecule has 0 aliphatic heterocycles. The predicted molar refractivity (Wildman–Crippen MR) is 96.2 cm³/mol. The SMILES string of the molecule is Nc1nc(COC(=O)c2ccc([N+](=O)[O-])cc2)nc(Nc2ccccc2)n1. The molecule has 0 radical (unpaired) electrons. The highest BCUT2D eigenvalue weighted by atomic mass is 16.6. The van der Waals surface area contributed by atoms with Crippen molar-refractivity contribution < 1.29 is 14.5 Å². The zero-order valence-electron chi connectivity index (χ0n) is 13.9. The highest BCUT2D eigenvalue weighted by Crippen LogP contribution is 2.15. The van der Waals surface area contributed by atoms with E-state index in [1.807, 2.05) is 30.3 Å². The van der Waals surface area contributed by atoms with E-state index in [-0.39, 0.29) is 35.6 Å². The number of nitrogens with one attached hydrogen (secondary N) is 1. The maximum absolute atomic E-state index is 12.0. The standard InChI is InChI=1S/C17H14N6O4/c18-16-20-14(21-17(22-16)19-12-4-2-1-3-5-12)10-27-15(24)11-6-8-13(9-7-11)23(25)26/h1-9H,10H2,(H3,18,19,20,21,22). The van der Waals surface area contributed by atoms with Crippen molar-refractivity contribution in [1.29, 1.82) is 0 Å². The van der Waals surface area contributed by atoms with Crippen molar-refractivity contribution in [2.75, 3.05) is 11.1 Å². The number of para-hydroxylation sites is 1. The Morgan fingerprint density at radius 1 is 1.07 bits per heavy atom. The first-order valence-corrected chi connectivity index (χ1v) is 7.75. The Labute approximate surface area is 153 Å². The number of aromatic nitrogens is 3. The Hall–Kier alpha value is -4.08. The largest absolute Gasteiger partial charge is 0.454 e. The second-order valence-electron chi connectivity index (χ2n) is 5.30. The fourth-order valence-corrected chi connectivity index (χ4v) is 2.14. The molecular formula is C17H14N6O4. The Morgan fingerprint density at radius 3 is 2.44 bits per heavy atom. The molecule has 0 unspecified atom stereocenters. The molecule has 136 valence electrons. The number of carbonyl (C=O) groups excluding carboxylic acids is 1. The average Bonchev–Trinajstić information content (AvgIpc) is 2.66. The van der Waals surface area contributed by atoms with Gasteiger partial charge in [-0.25, -0.2) is 4.79 Å². The van der Waals surface area contributed by atoms with E-state index in [4.69, 9.17) is 10.5 Å². The first kappa shape index (κ1) is 17.7. The van der Waals surface area contributed by atoms with Crippen LogP contribution in [0.4, 0.5) is 23.3 Å². The van der Waals surface area contributed by atoms with E-state index in [1.54, 1.807) is 0 Å². The monoisotopic (exact) mass is 366 g/mol. The maximum atomic E-state index is 12.0. The molecule has 3 N–H and O–H groups in total. The molecule has 3 rings (SSSR count). The van der Waals surface area contributed by atoms with Crippen LogP contribution in [0.5, 0.6) is 0 Å². The summed E-state index contributed by atoms with van der Waals surface area (Å²) < 4.78 is 5.13. The molecule has 1 aromatic heterocycles. The van der Waals surface area contributed by atoms with Crippen LogP contribution >= 0.6 is 0 Å². The number of nitrogens with zero attached hydrogens (tertiary/aromatic N) is 4. The number of nitro groups is 1. The number of carbonyl (C=O) groups is 1. The van der Waals surface area contributed by atoms with Gasteiger partial charge < -0.3 is 15.8 Å². The fourth-order valence-electron chi connectivity index (χ4n) is 2.14. The summed E-state index contributed by atoms with van der Waals surface area (Å²) in [7, 11) is 0. The number of nitrogen functional groups attached to an aromatic ring is 1. The summed E-state index contributed by atoms with van der Waals surface area (Å²) in [6, 6.07) is 14.3. The Balaban J connectivity index is 1.66. The number of ether oxygens (including phenoxy) is 1.